The molecule has 0 aromatic rings. The van der Waals surface area contributed by atoms with E-state index in [1.54, 1.807) is 6.92 Å². The van der Waals surface area contributed by atoms with Crippen molar-refractivity contribution in [3.05, 3.63) is 0 Å². The Morgan fingerprint density at radius 2 is 1.94 bits per heavy atom. The highest BCUT2D eigenvalue weighted by Gasteiger charge is 2.55. The van der Waals surface area contributed by atoms with Crippen molar-refractivity contribution in [2.24, 2.45) is 17.8 Å². The van der Waals surface area contributed by atoms with Gasteiger partial charge in [0.15, 0.2) is 0 Å². The summed E-state index contributed by atoms with van der Waals surface area (Å²) < 4.78 is 0. The van der Waals surface area contributed by atoms with Crippen LogP contribution in [0.1, 0.15) is 39.0 Å². The molecular weight excluding hydrogens is 202 g/mol. The minimum atomic E-state index is -0.309. The van der Waals surface area contributed by atoms with Crippen LogP contribution in [0.5, 0.6) is 0 Å². The molecule has 0 aliphatic heterocycles. The third-order valence-corrected chi connectivity index (χ3v) is 4.20. The number of nitrogens with zero attached hydrogens (tertiary/aromatic N) is 1. The van der Waals surface area contributed by atoms with Gasteiger partial charge >= 0.3 is 0 Å². The normalized spacial score (nSPS) is 34.1. The van der Waals surface area contributed by atoms with Crippen molar-refractivity contribution in [1.82, 2.24) is 4.90 Å². The minimum Gasteiger partial charge on any atom is -0.393 e. The molecule has 2 fully saturated rings. The average molecular weight is 225 g/mol. The standard InChI is InChI=1S/C13H23NO2/c1-9(15)7-8-14(2)13(16)12-10-5-3-4-6-11(10)12/h9-12,15H,3-8H2,1-2H3. The van der Waals surface area contributed by atoms with Crippen LogP contribution < -0.4 is 0 Å². The number of aliphatic hydroxyl groups is 1. The van der Waals surface area contributed by atoms with E-state index in [9.17, 15) is 9.90 Å². The molecule has 2 aliphatic rings. The molecule has 92 valence electrons. The molecule has 3 heteroatoms. The predicted octanol–water partition coefficient (Wildman–Crippen LogP) is 1.65. The molecule has 0 heterocycles. The van der Waals surface area contributed by atoms with Crippen LogP contribution in [0, 0.1) is 17.8 Å². The van der Waals surface area contributed by atoms with E-state index in [-0.39, 0.29) is 6.10 Å². The molecule has 3 unspecified atom stereocenters. The molecule has 0 spiro atoms. The zero-order chi connectivity index (χ0) is 11.7. The fourth-order valence-electron chi connectivity index (χ4n) is 3.10. The Kier molecular flexibility index (Phi) is 3.53. The fourth-order valence-corrected chi connectivity index (χ4v) is 3.10. The van der Waals surface area contributed by atoms with E-state index in [4.69, 9.17) is 0 Å². The number of fused-ring (bicyclic) bond motifs is 1. The van der Waals surface area contributed by atoms with E-state index in [2.05, 4.69) is 0 Å². The largest absolute Gasteiger partial charge is 0.393 e. The van der Waals surface area contributed by atoms with Gasteiger partial charge in [-0.3, -0.25) is 4.79 Å². The van der Waals surface area contributed by atoms with Crippen LogP contribution in [0.4, 0.5) is 0 Å². The van der Waals surface area contributed by atoms with E-state index in [1.165, 1.54) is 25.7 Å². The maximum absolute atomic E-state index is 12.1. The zero-order valence-corrected chi connectivity index (χ0v) is 10.4. The lowest BCUT2D eigenvalue weighted by Crippen LogP contribution is -2.31. The van der Waals surface area contributed by atoms with E-state index in [0.717, 1.165) is 0 Å². The van der Waals surface area contributed by atoms with Crippen molar-refractivity contribution in [1.29, 1.82) is 0 Å². The first kappa shape index (κ1) is 11.9. The first-order chi connectivity index (χ1) is 7.61. The Morgan fingerprint density at radius 3 is 2.44 bits per heavy atom. The summed E-state index contributed by atoms with van der Waals surface area (Å²) in [6.07, 6.45) is 5.50. The lowest BCUT2D eigenvalue weighted by atomic mass is 10.0. The Morgan fingerprint density at radius 1 is 1.38 bits per heavy atom. The molecule has 0 radical (unpaired) electrons. The molecule has 0 aromatic heterocycles. The van der Waals surface area contributed by atoms with E-state index >= 15 is 0 Å². The van der Waals surface area contributed by atoms with Crippen molar-refractivity contribution in [3.8, 4) is 0 Å². The lowest BCUT2D eigenvalue weighted by Gasteiger charge is -2.18. The summed E-state index contributed by atoms with van der Waals surface area (Å²) in [6, 6.07) is 0. The summed E-state index contributed by atoms with van der Waals surface area (Å²) in [5, 5.41) is 9.21. The third kappa shape index (κ3) is 2.40. The number of carbonyl (C=O) groups excluding carboxylic acids is 1. The number of amides is 1. The number of hydrogen-bond acceptors (Lipinski definition) is 2. The van der Waals surface area contributed by atoms with Gasteiger partial charge < -0.3 is 10.0 Å². The van der Waals surface area contributed by atoms with Crippen molar-refractivity contribution in [3.63, 3.8) is 0 Å². The smallest absolute Gasteiger partial charge is 0.226 e. The van der Waals surface area contributed by atoms with E-state index in [1.807, 2.05) is 11.9 Å². The maximum atomic E-state index is 12.1. The van der Waals surface area contributed by atoms with Crippen LogP contribution in [-0.4, -0.2) is 35.6 Å². The molecule has 0 saturated heterocycles. The summed E-state index contributed by atoms with van der Waals surface area (Å²) in [5.74, 6) is 2.02. The molecule has 16 heavy (non-hydrogen) atoms. The van der Waals surface area contributed by atoms with Crippen molar-refractivity contribution in [2.75, 3.05) is 13.6 Å². The molecular formula is C13H23NO2. The third-order valence-electron chi connectivity index (χ3n) is 4.20. The second kappa shape index (κ2) is 4.74. The number of aliphatic hydroxyl groups excluding tert-OH is 1. The molecule has 2 rings (SSSR count). The van der Waals surface area contributed by atoms with Crippen LogP contribution >= 0.6 is 0 Å². The first-order valence-electron chi connectivity index (χ1n) is 6.54. The van der Waals surface area contributed by atoms with Gasteiger partial charge in [-0.1, -0.05) is 12.8 Å². The van der Waals surface area contributed by atoms with Gasteiger partial charge in [0.25, 0.3) is 0 Å². The van der Waals surface area contributed by atoms with Crippen LogP contribution in [0.25, 0.3) is 0 Å². The number of carbonyl (C=O) groups is 1. The Labute approximate surface area is 97.8 Å². The molecule has 0 aromatic carbocycles. The second-order valence-corrected chi connectivity index (χ2v) is 5.54. The molecule has 1 N–H and O–H groups in total. The van der Waals surface area contributed by atoms with Crippen molar-refractivity contribution < 1.29 is 9.90 Å². The summed E-state index contributed by atoms with van der Waals surface area (Å²) in [4.78, 5) is 13.9. The quantitative estimate of drug-likeness (QED) is 0.790. The number of rotatable bonds is 4. The average Bonchev–Trinajstić information content (AvgIpc) is 2.99. The minimum absolute atomic E-state index is 0.309. The summed E-state index contributed by atoms with van der Waals surface area (Å²) >= 11 is 0. The molecule has 0 bridgehead atoms. The van der Waals surface area contributed by atoms with Crippen LogP contribution in [0.15, 0.2) is 0 Å². The predicted molar refractivity (Wildman–Crippen MR) is 62.9 cm³/mol. The summed E-state index contributed by atoms with van der Waals surface area (Å²) in [5.41, 5.74) is 0. The van der Waals surface area contributed by atoms with Gasteiger partial charge in [0.05, 0.1) is 6.10 Å². The van der Waals surface area contributed by atoms with Gasteiger partial charge in [-0.05, 0) is 38.0 Å². The van der Waals surface area contributed by atoms with Crippen LogP contribution in [0.2, 0.25) is 0 Å². The highest BCUT2D eigenvalue weighted by Crippen LogP contribution is 2.55. The van der Waals surface area contributed by atoms with Crippen molar-refractivity contribution in [2.45, 2.75) is 45.1 Å². The first-order valence-corrected chi connectivity index (χ1v) is 6.54. The van der Waals surface area contributed by atoms with Gasteiger partial charge in [0.2, 0.25) is 5.91 Å². The highest BCUT2D eigenvalue weighted by molar-refractivity contribution is 5.82. The SMILES string of the molecule is CC(O)CCN(C)C(=O)C1C2CCCCC21. The Bertz CT molecular complexity index is 253. The second-order valence-electron chi connectivity index (χ2n) is 5.54. The van der Waals surface area contributed by atoms with E-state index < -0.39 is 0 Å². The topological polar surface area (TPSA) is 40.5 Å². The molecule has 1 amide bonds. The maximum Gasteiger partial charge on any atom is 0.226 e. The Balaban J connectivity index is 1.79. The monoisotopic (exact) mass is 225 g/mol. The van der Waals surface area contributed by atoms with Gasteiger partial charge in [-0.25, -0.2) is 0 Å². The fraction of sp³-hybridized carbons (Fsp3) is 0.923. The Hall–Kier alpha value is -0.570. The van der Waals surface area contributed by atoms with Crippen LogP contribution in [0.3, 0.4) is 0 Å². The summed E-state index contributed by atoms with van der Waals surface area (Å²) in [6.45, 7) is 2.46. The molecule has 2 aliphatic carbocycles. The van der Waals surface area contributed by atoms with Gasteiger partial charge in [0, 0.05) is 19.5 Å². The molecule has 2 saturated carbocycles. The van der Waals surface area contributed by atoms with Gasteiger partial charge in [-0.15, -0.1) is 0 Å². The summed E-state index contributed by atoms with van der Waals surface area (Å²) in [7, 11) is 1.87. The van der Waals surface area contributed by atoms with Gasteiger partial charge in [-0.2, -0.15) is 0 Å². The molecule has 3 nitrogen and oxygen atoms in total. The lowest BCUT2D eigenvalue weighted by molar-refractivity contribution is -0.132. The van der Waals surface area contributed by atoms with E-state index in [0.29, 0.717) is 36.6 Å². The van der Waals surface area contributed by atoms with Crippen LogP contribution in [-0.2, 0) is 4.79 Å². The molecule has 3 atom stereocenters. The van der Waals surface area contributed by atoms with Crippen molar-refractivity contribution >= 4 is 5.91 Å². The highest BCUT2D eigenvalue weighted by atomic mass is 16.3. The zero-order valence-electron chi connectivity index (χ0n) is 10.4. The van der Waals surface area contributed by atoms with Gasteiger partial charge in [0.1, 0.15) is 0 Å². The number of hydrogen-bond donors (Lipinski definition) is 1.